The maximum absolute atomic E-state index is 11.7. The minimum atomic E-state index is -0.116. The van der Waals surface area contributed by atoms with Gasteiger partial charge in [-0.15, -0.1) is 0 Å². The number of pyridine rings is 1. The van der Waals surface area contributed by atoms with Crippen molar-refractivity contribution in [1.82, 2.24) is 14.8 Å². The molecule has 0 saturated carbocycles. The number of hydrogen-bond acceptors (Lipinski definition) is 2. The summed E-state index contributed by atoms with van der Waals surface area (Å²) in [6, 6.07) is 11.4. The summed E-state index contributed by atoms with van der Waals surface area (Å²) in [5, 5.41) is 3.40. The highest BCUT2D eigenvalue weighted by molar-refractivity contribution is 5.75. The molecule has 0 amide bonds. The van der Waals surface area contributed by atoms with E-state index in [1.54, 1.807) is 23.0 Å². The lowest BCUT2D eigenvalue weighted by molar-refractivity contribution is 0.878. The van der Waals surface area contributed by atoms with Crippen molar-refractivity contribution in [3.63, 3.8) is 0 Å². The van der Waals surface area contributed by atoms with E-state index in [4.69, 9.17) is 0 Å². The fourth-order valence-electron chi connectivity index (χ4n) is 1.92. The van der Waals surface area contributed by atoms with Gasteiger partial charge in [0.1, 0.15) is 0 Å². The van der Waals surface area contributed by atoms with E-state index in [9.17, 15) is 4.79 Å². The molecule has 3 aromatic rings. The van der Waals surface area contributed by atoms with Crippen molar-refractivity contribution in [2.24, 2.45) is 0 Å². The van der Waals surface area contributed by atoms with Gasteiger partial charge in [-0.2, -0.15) is 0 Å². The predicted octanol–water partition coefficient (Wildman–Crippen LogP) is 2.02. The van der Waals surface area contributed by atoms with Crippen LogP contribution in [-0.2, 0) is 0 Å². The van der Waals surface area contributed by atoms with Crippen molar-refractivity contribution in [2.45, 2.75) is 6.92 Å². The van der Waals surface area contributed by atoms with E-state index in [1.165, 1.54) is 0 Å². The first-order valence-electron chi connectivity index (χ1n) is 5.38. The van der Waals surface area contributed by atoms with Crippen LogP contribution in [0.25, 0.3) is 16.7 Å². The quantitative estimate of drug-likeness (QED) is 0.688. The first-order chi connectivity index (χ1) is 8.25. The molecule has 4 heteroatoms. The van der Waals surface area contributed by atoms with Gasteiger partial charge in [-0.3, -0.25) is 9.89 Å². The van der Waals surface area contributed by atoms with Crippen molar-refractivity contribution in [3.05, 3.63) is 58.5 Å². The van der Waals surface area contributed by atoms with E-state index in [1.807, 2.05) is 31.2 Å². The Balaban J connectivity index is 2.35. The van der Waals surface area contributed by atoms with Crippen LogP contribution in [0.5, 0.6) is 0 Å². The van der Waals surface area contributed by atoms with Gasteiger partial charge in [0.15, 0.2) is 5.65 Å². The first-order valence-corrected chi connectivity index (χ1v) is 5.38. The van der Waals surface area contributed by atoms with Crippen LogP contribution in [0, 0.1) is 6.92 Å². The Morgan fingerprint density at radius 1 is 1.24 bits per heavy atom. The van der Waals surface area contributed by atoms with E-state index >= 15 is 0 Å². The standard InChI is InChI=1S/C13H11N3O/c1-9-4-2-5-10(8-9)16-12-11(13(17)15-16)6-3-7-14-12/h2-8H,1H3,(H,15,17). The summed E-state index contributed by atoms with van der Waals surface area (Å²) in [7, 11) is 0. The monoisotopic (exact) mass is 225 g/mol. The molecule has 0 aliphatic heterocycles. The van der Waals surface area contributed by atoms with Crippen LogP contribution in [0.4, 0.5) is 0 Å². The largest absolute Gasteiger partial charge is 0.273 e. The topological polar surface area (TPSA) is 50.7 Å². The van der Waals surface area contributed by atoms with Crippen LogP contribution < -0.4 is 5.56 Å². The molecule has 1 N–H and O–H groups in total. The van der Waals surface area contributed by atoms with Gasteiger partial charge in [0.2, 0.25) is 0 Å². The second-order valence-electron chi connectivity index (χ2n) is 3.99. The predicted molar refractivity (Wildman–Crippen MR) is 66.4 cm³/mol. The Kier molecular flexibility index (Phi) is 2.08. The molecule has 0 aliphatic carbocycles. The maximum Gasteiger partial charge on any atom is 0.273 e. The molecular weight excluding hydrogens is 214 g/mol. The Hall–Kier alpha value is -2.36. The molecule has 2 aromatic heterocycles. The Labute approximate surface area is 97.5 Å². The Morgan fingerprint density at radius 2 is 2.12 bits per heavy atom. The molecule has 0 fully saturated rings. The van der Waals surface area contributed by atoms with E-state index in [-0.39, 0.29) is 5.56 Å². The SMILES string of the molecule is Cc1cccc(-n2[nH]c(=O)c3cccnc32)c1. The zero-order valence-electron chi connectivity index (χ0n) is 9.34. The van der Waals surface area contributed by atoms with Crippen LogP contribution in [0.15, 0.2) is 47.4 Å². The minimum Gasteiger partial charge on any atom is -0.267 e. The number of rotatable bonds is 1. The highest BCUT2D eigenvalue weighted by Gasteiger charge is 2.08. The van der Waals surface area contributed by atoms with Crippen LogP contribution >= 0.6 is 0 Å². The van der Waals surface area contributed by atoms with Crippen molar-refractivity contribution in [2.75, 3.05) is 0 Å². The number of aromatic amines is 1. The average molecular weight is 225 g/mol. The molecule has 0 atom stereocenters. The van der Waals surface area contributed by atoms with E-state index < -0.39 is 0 Å². The van der Waals surface area contributed by atoms with Crippen molar-refractivity contribution in [1.29, 1.82) is 0 Å². The second-order valence-corrected chi connectivity index (χ2v) is 3.99. The molecule has 0 unspecified atom stereocenters. The molecule has 0 spiro atoms. The first kappa shape index (κ1) is 9.84. The Morgan fingerprint density at radius 3 is 2.94 bits per heavy atom. The fraction of sp³-hybridized carbons (Fsp3) is 0.0769. The third-order valence-electron chi connectivity index (χ3n) is 2.72. The van der Waals surface area contributed by atoms with E-state index in [0.717, 1.165) is 11.3 Å². The normalized spacial score (nSPS) is 10.9. The lowest BCUT2D eigenvalue weighted by atomic mass is 10.2. The lowest BCUT2D eigenvalue weighted by Crippen LogP contribution is -2.03. The molecule has 3 rings (SSSR count). The summed E-state index contributed by atoms with van der Waals surface area (Å²) in [5.74, 6) is 0. The summed E-state index contributed by atoms with van der Waals surface area (Å²) >= 11 is 0. The average Bonchev–Trinajstić information content (AvgIpc) is 2.68. The molecule has 4 nitrogen and oxygen atoms in total. The summed E-state index contributed by atoms with van der Waals surface area (Å²) in [6.45, 7) is 2.01. The molecule has 2 heterocycles. The van der Waals surface area contributed by atoms with Crippen molar-refractivity contribution in [3.8, 4) is 5.69 Å². The number of H-pyrrole nitrogens is 1. The van der Waals surface area contributed by atoms with E-state index in [0.29, 0.717) is 11.0 Å². The number of aromatic nitrogens is 3. The number of nitrogens with zero attached hydrogens (tertiary/aromatic N) is 2. The molecule has 0 aliphatic rings. The maximum atomic E-state index is 11.7. The molecule has 0 saturated heterocycles. The number of fused-ring (bicyclic) bond motifs is 1. The van der Waals surface area contributed by atoms with Crippen LogP contribution in [0.3, 0.4) is 0 Å². The van der Waals surface area contributed by atoms with Crippen LogP contribution in [0.1, 0.15) is 5.56 Å². The van der Waals surface area contributed by atoms with Crippen LogP contribution in [0.2, 0.25) is 0 Å². The molecule has 1 aromatic carbocycles. The number of benzene rings is 1. The molecule has 0 bridgehead atoms. The number of nitrogens with one attached hydrogen (secondary N) is 1. The number of hydrogen-bond donors (Lipinski definition) is 1. The smallest absolute Gasteiger partial charge is 0.267 e. The van der Waals surface area contributed by atoms with Gasteiger partial charge in [-0.1, -0.05) is 12.1 Å². The third-order valence-corrected chi connectivity index (χ3v) is 2.72. The molecular formula is C13H11N3O. The van der Waals surface area contributed by atoms with Crippen molar-refractivity contribution < 1.29 is 0 Å². The zero-order valence-corrected chi connectivity index (χ0v) is 9.34. The Bertz CT molecular complexity index is 740. The van der Waals surface area contributed by atoms with Gasteiger partial charge in [0.25, 0.3) is 5.56 Å². The minimum absolute atomic E-state index is 0.116. The van der Waals surface area contributed by atoms with E-state index in [2.05, 4.69) is 10.1 Å². The summed E-state index contributed by atoms with van der Waals surface area (Å²) in [6.07, 6.45) is 1.68. The van der Waals surface area contributed by atoms with Gasteiger partial charge in [0.05, 0.1) is 11.1 Å². The van der Waals surface area contributed by atoms with Crippen LogP contribution in [-0.4, -0.2) is 14.8 Å². The highest BCUT2D eigenvalue weighted by atomic mass is 16.1. The summed E-state index contributed by atoms with van der Waals surface area (Å²) in [5.41, 5.74) is 2.59. The lowest BCUT2D eigenvalue weighted by Gasteiger charge is -2.04. The highest BCUT2D eigenvalue weighted by Crippen LogP contribution is 2.13. The van der Waals surface area contributed by atoms with Gasteiger partial charge >= 0.3 is 0 Å². The van der Waals surface area contributed by atoms with Crippen molar-refractivity contribution >= 4 is 11.0 Å². The van der Waals surface area contributed by atoms with Gasteiger partial charge < -0.3 is 0 Å². The van der Waals surface area contributed by atoms with Gasteiger partial charge in [-0.25, -0.2) is 9.67 Å². The molecule has 84 valence electrons. The third kappa shape index (κ3) is 1.54. The fourth-order valence-corrected chi connectivity index (χ4v) is 1.92. The molecule has 0 radical (unpaired) electrons. The number of aryl methyl sites for hydroxylation is 1. The zero-order chi connectivity index (χ0) is 11.8. The van der Waals surface area contributed by atoms with Gasteiger partial charge in [0, 0.05) is 6.20 Å². The summed E-state index contributed by atoms with van der Waals surface area (Å²) in [4.78, 5) is 16.0. The second kappa shape index (κ2) is 3.59. The summed E-state index contributed by atoms with van der Waals surface area (Å²) < 4.78 is 1.71. The van der Waals surface area contributed by atoms with Gasteiger partial charge in [-0.05, 0) is 36.8 Å². The molecule has 17 heavy (non-hydrogen) atoms.